The lowest BCUT2D eigenvalue weighted by Gasteiger charge is -2.09. The van der Waals surface area contributed by atoms with Crippen molar-refractivity contribution in [1.29, 1.82) is 0 Å². The highest BCUT2D eigenvalue weighted by Gasteiger charge is 2.13. The Labute approximate surface area is 153 Å². The van der Waals surface area contributed by atoms with Crippen molar-refractivity contribution in [2.75, 3.05) is 5.32 Å². The molecule has 0 bridgehead atoms. The molecule has 1 N–H and O–H groups in total. The normalized spacial score (nSPS) is 10.7. The molecule has 3 aromatic rings. The van der Waals surface area contributed by atoms with Gasteiger partial charge in [-0.05, 0) is 30.7 Å². The van der Waals surface area contributed by atoms with E-state index in [9.17, 15) is 9.59 Å². The first-order chi connectivity index (χ1) is 12.6. The number of amides is 1. The zero-order valence-corrected chi connectivity index (χ0v) is 14.5. The Balaban J connectivity index is 1.77. The van der Waals surface area contributed by atoms with Crippen molar-refractivity contribution in [3.05, 3.63) is 107 Å². The SMILES string of the molecule is Cc1ccc(/C=C/C(=O)Nc2ccccc2C(=O)c2ccccc2)cc1. The first-order valence-electron chi connectivity index (χ1n) is 8.38. The summed E-state index contributed by atoms with van der Waals surface area (Å²) in [4.78, 5) is 24.9. The minimum absolute atomic E-state index is 0.121. The van der Waals surface area contributed by atoms with Gasteiger partial charge in [-0.25, -0.2) is 0 Å². The fourth-order valence-corrected chi connectivity index (χ4v) is 2.56. The molecule has 0 aliphatic rings. The lowest BCUT2D eigenvalue weighted by atomic mass is 10.0. The summed E-state index contributed by atoms with van der Waals surface area (Å²) in [6.07, 6.45) is 3.21. The van der Waals surface area contributed by atoms with Crippen molar-refractivity contribution >= 4 is 23.5 Å². The Hall–Kier alpha value is -3.46. The van der Waals surface area contributed by atoms with E-state index in [0.717, 1.165) is 5.56 Å². The molecule has 0 unspecified atom stereocenters. The topological polar surface area (TPSA) is 46.2 Å². The third-order valence-corrected chi connectivity index (χ3v) is 3.97. The molecular weight excluding hydrogens is 322 g/mol. The van der Waals surface area contributed by atoms with Gasteiger partial charge in [-0.1, -0.05) is 72.3 Å². The van der Waals surface area contributed by atoms with E-state index in [1.165, 1.54) is 11.6 Å². The van der Waals surface area contributed by atoms with Gasteiger partial charge in [0.1, 0.15) is 0 Å². The number of hydrogen-bond donors (Lipinski definition) is 1. The van der Waals surface area contributed by atoms with Gasteiger partial charge >= 0.3 is 0 Å². The van der Waals surface area contributed by atoms with Gasteiger partial charge in [-0.3, -0.25) is 9.59 Å². The molecule has 0 atom stereocenters. The van der Waals surface area contributed by atoms with E-state index in [1.54, 1.807) is 42.5 Å². The quantitative estimate of drug-likeness (QED) is 0.531. The molecule has 0 heterocycles. The van der Waals surface area contributed by atoms with E-state index in [1.807, 2.05) is 49.4 Å². The molecule has 1 amide bonds. The summed E-state index contributed by atoms with van der Waals surface area (Å²) in [6, 6.07) is 23.9. The zero-order valence-electron chi connectivity index (χ0n) is 14.5. The Kier molecular flexibility index (Phi) is 5.40. The van der Waals surface area contributed by atoms with E-state index in [2.05, 4.69) is 5.32 Å². The van der Waals surface area contributed by atoms with Crippen LogP contribution in [0, 0.1) is 6.92 Å². The van der Waals surface area contributed by atoms with E-state index >= 15 is 0 Å². The maximum atomic E-state index is 12.7. The second-order valence-corrected chi connectivity index (χ2v) is 5.97. The standard InChI is InChI=1S/C23H19NO2/c1-17-11-13-18(14-12-17)15-16-22(25)24-21-10-6-5-9-20(21)23(26)19-7-3-2-4-8-19/h2-16H,1H3,(H,24,25)/b16-15+. The maximum absolute atomic E-state index is 12.7. The predicted octanol–water partition coefficient (Wildman–Crippen LogP) is 4.88. The van der Waals surface area contributed by atoms with Crippen molar-refractivity contribution in [1.82, 2.24) is 0 Å². The van der Waals surface area contributed by atoms with Crippen LogP contribution in [-0.2, 0) is 4.79 Å². The largest absolute Gasteiger partial charge is 0.322 e. The molecule has 3 rings (SSSR count). The lowest BCUT2D eigenvalue weighted by molar-refractivity contribution is -0.111. The molecule has 26 heavy (non-hydrogen) atoms. The summed E-state index contributed by atoms with van der Waals surface area (Å²) in [5, 5.41) is 2.80. The first kappa shape index (κ1) is 17.4. The van der Waals surface area contributed by atoms with Crippen LogP contribution in [0.1, 0.15) is 27.0 Å². The molecule has 0 saturated carbocycles. The number of carbonyl (C=O) groups excluding carboxylic acids is 2. The highest BCUT2D eigenvalue weighted by Crippen LogP contribution is 2.19. The van der Waals surface area contributed by atoms with Crippen LogP contribution in [0.15, 0.2) is 84.9 Å². The number of anilines is 1. The third kappa shape index (κ3) is 4.33. The van der Waals surface area contributed by atoms with Crippen LogP contribution in [0.3, 0.4) is 0 Å². The van der Waals surface area contributed by atoms with Crippen LogP contribution in [0.2, 0.25) is 0 Å². The Bertz CT molecular complexity index is 941. The fourth-order valence-electron chi connectivity index (χ4n) is 2.56. The van der Waals surface area contributed by atoms with Gasteiger partial charge < -0.3 is 5.32 Å². The minimum atomic E-state index is -0.279. The van der Waals surface area contributed by atoms with Crippen molar-refractivity contribution in [2.24, 2.45) is 0 Å². The Morgan fingerprint density at radius 3 is 2.19 bits per heavy atom. The highest BCUT2D eigenvalue weighted by atomic mass is 16.1. The molecular formula is C23H19NO2. The molecule has 0 saturated heterocycles. The van der Waals surface area contributed by atoms with Gasteiger partial charge in [-0.2, -0.15) is 0 Å². The van der Waals surface area contributed by atoms with Crippen LogP contribution in [0.25, 0.3) is 6.08 Å². The van der Waals surface area contributed by atoms with Crippen molar-refractivity contribution < 1.29 is 9.59 Å². The van der Waals surface area contributed by atoms with E-state index < -0.39 is 0 Å². The van der Waals surface area contributed by atoms with Crippen LogP contribution < -0.4 is 5.32 Å². The van der Waals surface area contributed by atoms with E-state index in [-0.39, 0.29) is 11.7 Å². The molecule has 0 spiro atoms. The molecule has 3 aromatic carbocycles. The summed E-state index contributed by atoms with van der Waals surface area (Å²) in [5.74, 6) is -0.400. The number of ketones is 1. The minimum Gasteiger partial charge on any atom is -0.322 e. The van der Waals surface area contributed by atoms with Crippen molar-refractivity contribution in [2.45, 2.75) is 6.92 Å². The first-order valence-corrected chi connectivity index (χ1v) is 8.38. The van der Waals surface area contributed by atoms with Crippen LogP contribution >= 0.6 is 0 Å². The predicted molar refractivity (Wildman–Crippen MR) is 105 cm³/mol. The molecule has 3 nitrogen and oxygen atoms in total. The van der Waals surface area contributed by atoms with Crippen molar-refractivity contribution in [3.8, 4) is 0 Å². The summed E-state index contributed by atoms with van der Waals surface area (Å²) >= 11 is 0. The van der Waals surface area contributed by atoms with Gasteiger partial charge in [0.15, 0.2) is 5.78 Å². The van der Waals surface area contributed by atoms with Gasteiger partial charge in [0.2, 0.25) is 5.91 Å². The average molecular weight is 341 g/mol. The van der Waals surface area contributed by atoms with Gasteiger partial charge in [0, 0.05) is 17.2 Å². The van der Waals surface area contributed by atoms with E-state index in [0.29, 0.717) is 16.8 Å². The fraction of sp³-hybridized carbons (Fsp3) is 0.0435. The molecule has 0 radical (unpaired) electrons. The number of carbonyl (C=O) groups is 2. The van der Waals surface area contributed by atoms with Gasteiger partial charge in [-0.15, -0.1) is 0 Å². The molecule has 0 fully saturated rings. The van der Waals surface area contributed by atoms with Crippen LogP contribution in [-0.4, -0.2) is 11.7 Å². The maximum Gasteiger partial charge on any atom is 0.248 e. The number of para-hydroxylation sites is 1. The van der Waals surface area contributed by atoms with Crippen LogP contribution in [0.4, 0.5) is 5.69 Å². The summed E-state index contributed by atoms with van der Waals surface area (Å²) < 4.78 is 0. The third-order valence-electron chi connectivity index (χ3n) is 3.97. The lowest BCUT2D eigenvalue weighted by Crippen LogP contribution is -2.12. The zero-order chi connectivity index (χ0) is 18.4. The number of aryl methyl sites for hydroxylation is 1. The number of hydrogen-bond acceptors (Lipinski definition) is 2. The smallest absolute Gasteiger partial charge is 0.248 e. The van der Waals surface area contributed by atoms with Crippen LogP contribution in [0.5, 0.6) is 0 Å². The van der Waals surface area contributed by atoms with Gasteiger partial charge in [0.25, 0.3) is 0 Å². The number of nitrogens with one attached hydrogen (secondary N) is 1. The monoisotopic (exact) mass is 341 g/mol. The summed E-state index contributed by atoms with van der Waals surface area (Å²) in [7, 11) is 0. The second kappa shape index (κ2) is 8.08. The second-order valence-electron chi connectivity index (χ2n) is 5.97. The Morgan fingerprint density at radius 1 is 0.808 bits per heavy atom. The molecule has 0 aliphatic carbocycles. The number of rotatable bonds is 5. The van der Waals surface area contributed by atoms with Gasteiger partial charge in [0.05, 0.1) is 5.69 Å². The number of benzene rings is 3. The molecule has 0 aromatic heterocycles. The summed E-state index contributed by atoms with van der Waals surface area (Å²) in [6.45, 7) is 2.01. The average Bonchev–Trinajstić information content (AvgIpc) is 2.68. The molecule has 3 heteroatoms. The highest BCUT2D eigenvalue weighted by molar-refractivity contribution is 6.14. The molecule has 128 valence electrons. The Morgan fingerprint density at radius 2 is 1.46 bits per heavy atom. The summed E-state index contributed by atoms with van der Waals surface area (Å²) in [5.41, 5.74) is 3.67. The van der Waals surface area contributed by atoms with E-state index in [4.69, 9.17) is 0 Å². The van der Waals surface area contributed by atoms with Crippen molar-refractivity contribution in [3.63, 3.8) is 0 Å². The molecule has 0 aliphatic heterocycles.